The Morgan fingerprint density at radius 2 is 1.82 bits per heavy atom. The lowest BCUT2D eigenvalue weighted by molar-refractivity contribution is -0.138. The minimum absolute atomic E-state index is 0.00457. The molecule has 1 N–H and O–H groups in total. The standard InChI is InChI=1S/C17H25NO4/c1-3-13-22-15-8-5-14(6-9-15)7-10-16(19)18(4-2)12-11-17(20)21/h5-6,8-9H,3-4,7,10-13H2,1-2H3,(H,20,21). The SMILES string of the molecule is CCCOc1ccc(CCC(=O)N(CC)CCC(=O)O)cc1. The normalized spacial score (nSPS) is 10.3. The first-order valence-electron chi connectivity index (χ1n) is 7.78. The largest absolute Gasteiger partial charge is 0.494 e. The predicted molar refractivity (Wildman–Crippen MR) is 85.1 cm³/mol. The number of hydrogen-bond acceptors (Lipinski definition) is 3. The minimum atomic E-state index is -0.881. The molecule has 0 spiro atoms. The number of benzene rings is 1. The van der Waals surface area contributed by atoms with Crippen LogP contribution in [0.4, 0.5) is 0 Å². The summed E-state index contributed by atoms with van der Waals surface area (Å²) in [5.41, 5.74) is 1.08. The van der Waals surface area contributed by atoms with Crippen molar-refractivity contribution in [2.45, 2.75) is 39.5 Å². The summed E-state index contributed by atoms with van der Waals surface area (Å²) in [5.74, 6) is -0.0439. The molecule has 0 fully saturated rings. The van der Waals surface area contributed by atoms with E-state index in [1.807, 2.05) is 31.2 Å². The maximum atomic E-state index is 12.1. The van der Waals surface area contributed by atoms with Crippen molar-refractivity contribution < 1.29 is 19.4 Å². The Labute approximate surface area is 131 Å². The lowest BCUT2D eigenvalue weighted by Gasteiger charge is -2.20. The molecular formula is C17H25NO4. The Bertz CT molecular complexity index is 470. The van der Waals surface area contributed by atoms with Gasteiger partial charge < -0.3 is 14.7 Å². The smallest absolute Gasteiger partial charge is 0.305 e. The van der Waals surface area contributed by atoms with Gasteiger partial charge in [-0.3, -0.25) is 9.59 Å². The lowest BCUT2D eigenvalue weighted by Crippen LogP contribution is -2.32. The van der Waals surface area contributed by atoms with Crippen LogP contribution < -0.4 is 4.74 Å². The van der Waals surface area contributed by atoms with Gasteiger partial charge in [-0.25, -0.2) is 0 Å². The molecule has 0 unspecified atom stereocenters. The Morgan fingerprint density at radius 1 is 1.14 bits per heavy atom. The second-order valence-electron chi connectivity index (χ2n) is 5.11. The van der Waals surface area contributed by atoms with Crippen LogP contribution in [0, 0.1) is 0 Å². The first kappa shape index (κ1) is 18.0. The molecule has 1 amide bonds. The number of carbonyl (C=O) groups is 2. The molecule has 0 aromatic heterocycles. The summed E-state index contributed by atoms with van der Waals surface area (Å²) in [5, 5.41) is 8.69. The van der Waals surface area contributed by atoms with Crippen LogP contribution in [0.5, 0.6) is 5.75 Å². The number of carboxylic acid groups (broad SMARTS) is 1. The van der Waals surface area contributed by atoms with E-state index in [4.69, 9.17) is 9.84 Å². The summed E-state index contributed by atoms with van der Waals surface area (Å²) < 4.78 is 5.51. The molecule has 0 aliphatic carbocycles. The van der Waals surface area contributed by atoms with E-state index in [0.717, 1.165) is 17.7 Å². The van der Waals surface area contributed by atoms with Crippen molar-refractivity contribution in [3.8, 4) is 5.75 Å². The second kappa shape index (κ2) is 9.82. The molecule has 0 heterocycles. The fourth-order valence-electron chi connectivity index (χ4n) is 2.07. The van der Waals surface area contributed by atoms with Crippen molar-refractivity contribution in [1.29, 1.82) is 0 Å². The third kappa shape index (κ3) is 6.61. The number of carboxylic acids is 1. The Kier molecular flexibility index (Phi) is 8.04. The number of rotatable bonds is 10. The van der Waals surface area contributed by atoms with Gasteiger partial charge in [-0.15, -0.1) is 0 Å². The average molecular weight is 307 g/mol. The Hall–Kier alpha value is -2.04. The van der Waals surface area contributed by atoms with Crippen molar-refractivity contribution in [2.75, 3.05) is 19.7 Å². The molecular weight excluding hydrogens is 282 g/mol. The van der Waals surface area contributed by atoms with Gasteiger partial charge in [0.15, 0.2) is 0 Å². The molecule has 0 aliphatic heterocycles. The monoisotopic (exact) mass is 307 g/mol. The molecule has 122 valence electrons. The number of aryl methyl sites for hydroxylation is 1. The summed E-state index contributed by atoms with van der Waals surface area (Å²) in [4.78, 5) is 24.2. The van der Waals surface area contributed by atoms with Gasteiger partial charge in [-0.2, -0.15) is 0 Å². The number of nitrogens with zero attached hydrogens (tertiary/aromatic N) is 1. The highest BCUT2D eigenvalue weighted by Crippen LogP contribution is 2.14. The minimum Gasteiger partial charge on any atom is -0.494 e. The number of hydrogen-bond donors (Lipinski definition) is 1. The summed E-state index contributed by atoms with van der Waals surface area (Å²) in [6.45, 7) is 5.43. The zero-order valence-corrected chi connectivity index (χ0v) is 13.4. The Balaban J connectivity index is 2.43. The molecule has 0 aliphatic rings. The molecule has 0 saturated carbocycles. The average Bonchev–Trinajstić information content (AvgIpc) is 2.52. The van der Waals surface area contributed by atoms with Crippen LogP contribution >= 0.6 is 0 Å². The molecule has 1 aromatic carbocycles. The molecule has 0 bridgehead atoms. The number of amides is 1. The van der Waals surface area contributed by atoms with Gasteiger partial charge in [-0.05, 0) is 37.5 Å². The lowest BCUT2D eigenvalue weighted by atomic mass is 10.1. The van der Waals surface area contributed by atoms with Gasteiger partial charge in [-0.1, -0.05) is 19.1 Å². The summed E-state index contributed by atoms with van der Waals surface area (Å²) >= 11 is 0. The van der Waals surface area contributed by atoms with Crippen LogP contribution in [-0.4, -0.2) is 41.6 Å². The maximum absolute atomic E-state index is 12.1. The molecule has 0 saturated heterocycles. The van der Waals surface area contributed by atoms with Crippen LogP contribution in [0.25, 0.3) is 0 Å². The van der Waals surface area contributed by atoms with Crippen LogP contribution in [0.1, 0.15) is 38.7 Å². The fraction of sp³-hybridized carbons (Fsp3) is 0.529. The van der Waals surface area contributed by atoms with Gasteiger partial charge >= 0.3 is 5.97 Å². The van der Waals surface area contributed by atoms with E-state index in [2.05, 4.69) is 6.92 Å². The molecule has 0 atom stereocenters. The van der Waals surface area contributed by atoms with Crippen LogP contribution in [0.15, 0.2) is 24.3 Å². The fourth-order valence-corrected chi connectivity index (χ4v) is 2.07. The number of ether oxygens (including phenoxy) is 1. The van der Waals surface area contributed by atoms with Crippen molar-refractivity contribution in [3.05, 3.63) is 29.8 Å². The molecule has 5 nitrogen and oxygen atoms in total. The molecule has 22 heavy (non-hydrogen) atoms. The third-order valence-electron chi connectivity index (χ3n) is 3.35. The first-order valence-corrected chi connectivity index (χ1v) is 7.78. The van der Waals surface area contributed by atoms with Crippen LogP contribution in [-0.2, 0) is 16.0 Å². The Morgan fingerprint density at radius 3 is 2.36 bits per heavy atom. The first-order chi connectivity index (χ1) is 10.6. The van der Waals surface area contributed by atoms with Crippen LogP contribution in [0.3, 0.4) is 0 Å². The van der Waals surface area contributed by atoms with Crippen molar-refractivity contribution in [2.24, 2.45) is 0 Å². The van der Waals surface area contributed by atoms with Gasteiger partial charge in [0.2, 0.25) is 5.91 Å². The molecule has 5 heteroatoms. The zero-order chi connectivity index (χ0) is 16.4. The molecule has 1 aromatic rings. The van der Waals surface area contributed by atoms with E-state index in [1.165, 1.54) is 0 Å². The van der Waals surface area contributed by atoms with E-state index in [-0.39, 0.29) is 18.9 Å². The van der Waals surface area contributed by atoms with Crippen LogP contribution in [0.2, 0.25) is 0 Å². The number of aliphatic carboxylic acids is 1. The van der Waals surface area contributed by atoms with E-state index >= 15 is 0 Å². The third-order valence-corrected chi connectivity index (χ3v) is 3.35. The highest BCUT2D eigenvalue weighted by atomic mass is 16.5. The van der Waals surface area contributed by atoms with Gasteiger partial charge in [0, 0.05) is 19.5 Å². The predicted octanol–water partition coefficient (Wildman–Crippen LogP) is 2.73. The molecule has 1 rings (SSSR count). The summed E-state index contributed by atoms with van der Waals surface area (Å²) in [6.07, 6.45) is 2.00. The molecule has 0 radical (unpaired) electrons. The van der Waals surface area contributed by atoms with Gasteiger partial charge in [0.25, 0.3) is 0 Å². The van der Waals surface area contributed by atoms with Gasteiger partial charge in [0.1, 0.15) is 5.75 Å². The van der Waals surface area contributed by atoms with E-state index < -0.39 is 5.97 Å². The maximum Gasteiger partial charge on any atom is 0.305 e. The van der Waals surface area contributed by atoms with Crippen molar-refractivity contribution in [3.63, 3.8) is 0 Å². The highest BCUT2D eigenvalue weighted by Gasteiger charge is 2.12. The summed E-state index contributed by atoms with van der Waals surface area (Å²) in [6, 6.07) is 7.76. The van der Waals surface area contributed by atoms with E-state index in [9.17, 15) is 9.59 Å². The zero-order valence-electron chi connectivity index (χ0n) is 13.4. The van der Waals surface area contributed by atoms with Gasteiger partial charge in [0.05, 0.1) is 13.0 Å². The summed E-state index contributed by atoms with van der Waals surface area (Å²) in [7, 11) is 0. The topological polar surface area (TPSA) is 66.8 Å². The van der Waals surface area contributed by atoms with Crippen molar-refractivity contribution in [1.82, 2.24) is 4.90 Å². The second-order valence-corrected chi connectivity index (χ2v) is 5.11. The van der Waals surface area contributed by atoms with Crippen molar-refractivity contribution >= 4 is 11.9 Å². The highest BCUT2D eigenvalue weighted by molar-refractivity contribution is 5.77. The quantitative estimate of drug-likeness (QED) is 0.722. The van der Waals surface area contributed by atoms with E-state index in [1.54, 1.807) is 4.90 Å². The number of carbonyl (C=O) groups excluding carboxylic acids is 1. The van der Waals surface area contributed by atoms with E-state index in [0.29, 0.717) is 26.0 Å².